The third-order valence-electron chi connectivity index (χ3n) is 3.72. The van der Waals surface area contributed by atoms with Gasteiger partial charge >= 0.3 is 0 Å². The van der Waals surface area contributed by atoms with E-state index in [2.05, 4.69) is 54.3 Å². The molecule has 1 heterocycles. The number of nitrogens with zero attached hydrogens (tertiary/aromatic N) is 2. The monoisotopic (exact) mass is 296 g/mol. The molecule has 3 N–H and O–H groups in total. The van der Waals surface area contributed by atoms with Gasteiger partial charge in [0.25, 0.3) is 0 Å². The van der Waals surface area contributed by atoms with Gasteiger partial charge in [-0.25, -0.2) is 0 Å². The molecular weight excluding hydrogens is 272 g/mol. The first kappa shape index (κ1) is 16.0. The molecule has 0 radical (unpaired) electrons. The summed E-state index contributed by atoms with van der Waals surface area (Å²) in [6, 6.07) is 12.2. The summed E-state index contributed by atoms with van der Waals surface area (Å²) in [5, 5.41) is 3.13. The highest BCUT2D eigenvalue weighted by atomic mass is 15.1. The van der Waals surface area contributed by atoms with Crippen LogP contribution in [-0.4, -0.2) is 17.5 Å². The number of guanidine groups is 1. The van der Waals surface area contributed by atoms with Gasteiger partial charge in [-0.2, -0.15) is 0 Å². The van der Waals surface area contributed by atoms with Crippen LogP contribution in [0.4, 0.5) is 5.69 Å². The van der Waals surface area contributed by atoms with Crippen LogP contribution >= 0.6 is 0 Å². The van der Waals surface area contributed by atoms with E-state index in [1.807, 2.05) is 24.4 Å². The number of hydrogen-bond acceptors (Lipinski definition) is 2. The van der Waals surface area contributed by atoms with Crippen LogP contribution in [0.1, 0.15) is 31.9 Å². The predicted molar refractivity (Wildman–Crippen MR) is 93.2 cm³/mol. The van der Waals surface area contributed by atoms with Crippen molar-refractivity contribution >= 4 is 11.6 Å². The molecule has 0 amide bonds. The highest BCUT2D eigenvalue weighted by molar-refractivity contribution is 5.92. The zero-order chi connectivity index (χ0) is 16.0. The second-order valence-corrected chi connectivity index (χ2v) is 6.00. The molecule has 1 aromatic heterocycles. The van der Waals surface area contributed by atoms with E-state index in [9.17, 15) is 0 Å². The lowest BCUT2D eigenvalue weighted by molar-refractivity contribution is 0.538. The van der Waals surface area contributed by atoms with Gasteiger partial charge in [-0.05, 0) is 35.7 Å². The maximum atomic E-state index is 5.98. The van der Waals surface area contributed by atoms with Crippen molar-refractivity contribution in [2.24, 2.45) is 10.7 Å². The molecule has 4 heteroatoms. The molecule has 0 aliphatic carbocycles. The molecule has 116 valence electrons. The van der Waals surface area contributed by atoms with E-state index >= 15 is 0 Å². The number of aliphatic imine (C=N–C) groups is 1. The van der Waals surface area contributed by atoms with E-state index in [0.717, 1.165) is 17.7 Å². The fourth-order valence-electron chi connectivity index (χ4n) is 2.15. The van der Waals surface area contributed by atoms with E-state index in [1.165, 1.54) is 5.56 Å². The summed E-state index contributed by atoms with van der Waals surface area (Å²) >= 11 is 0. The van der Waals surface area contributed by atoms with Gasteiger partial charge in [0.2, 0.25) is 0 Å². The molecular formula is C18H24N4. The van der Waals surface area contributed by atoms with Crippen LogP contribution in [0, 0.1) is 0 Å². The molecule has 2 aromatic rings. The molecule has 0 bridgehead atoms. The first-order valence-electron chi connectivity index (χ1n) is 7.57. The fraction of sp³-hybridized carbons (Fsp3) is 0.333. The zero-order valence-electron chi connectivity index (χ0n) is 13.5. The molecule has 0 fully saturated rings. The first-order valence-corrected chi connectivity index (χ1v) is 7.57. The standard InChI is InChI=1S/C18H24N4/c1-4-14-7-9-16(10-8-14)22-17(19)21-13-18(2,3)15-6-5-11-20-12-15/h5-12H,4,13H2,1-3H3,(H3,19,21,22). The first-order chi connectivity index (χ1) is 10.5. The number of nitrogens with one attached hydrogen (secondary N) is 1. The maximum absolute atomic E-state index is 5.98. The van der Waals surface area contributed by atoms with Gasteiger partial charge in [-0.3, -0.25) is 9.98 Å². The molecule has 0 saturated heterocycles. The number of aromatic nitrogens is 1. The molecule has 0 aliphatic rings. The molecule has 0 saturated carbocycles. The molecule has 2 rings (SSSR count). The minimum absolute atomic E-state index is 0.105. The van der Waals surface area contributed by atoms with Gasteiger partial charge in [0.1, 0.15) is 0 Å². The van der Waals surface area contributed by atoms with Crippen LogP contribution in [0.15, 0.2) is 53.8 Å². The summed E-state index contributed by atoms with van der Waals surface area (Å²) in [5.41, 5.74) is 9.29. The Hall–Kier alpha value is -2.36. The van der Waals surface area contributed by atoms with Gasteiger partial charge in [-0.1, -0.05) is 39.0 Å². The number of pyridine rings is 1. The summed E-state index contributed by atoms with van der Waals surface area (Å²) in [4.78, 5) is 8.63. The largest absolute Gasteiger partial charge is 0.370 e. The maximum Gasteiger partial charge on any atom is 0.193 e. The van der Waals surface area contributed by atoms with Gasteiger partial charge in [0.05, 0.1) is 6.54 Å². The van der Waals surface area contributed by atoms with Crippen molar-refractivity contribution in [1.82, 2.24) is 4.98 Å². The van der Waals surface area contributed by atoms with Crippen LogP contribution in [0.5, 0.6) is 0 Å². The Balaban J connectivity index is 1.99. The van der Waals surface area contributed by atoms with Gasteiger partial charge in [0, 0.05) is 23.5 Å². The van der Waals surface area contributed by atoms with Crippen molar-refractivity contribution in [2.75, 3.05) is 11.9 Å². The normalized spacial score (nSPS) is 12.2. The molecule has 22 heavy (non-hydrogen) atoms. The lowest BCUT2D eigenvalue weighted by atomic mass is 9.86. The number of aryl methyl sites for hydroxylation is 1. The third kappa shape index (κ3) is 4.32. The average Bonchev–Trinajstić information content (AvgIpc) is 2.55. The minimum atomic E-state index is -0.105. The van der Waals surface area contributed by atoms with E-state index in [-0.39, 0.29) is 5.41 Å². The molecule has 0 spiro atoms. The summed E-state index contributed by atoms with van der Waals surface area (Å²) in [5.74, 6) is 0.432. The van der Waals surface area contributed by atoms with Crippen molar-refractivity contribution in [2.45, 2.75) is 32.6 Å². The van der Waals surface area contributed by atoms with Crippen LogP contribution in [0.25, 0.3) is 0 Å². The Labute approximate surface area is 132 Å². The van der Waals surface area contributed by atoms with Crippen LogP contribution in [0.3, 0.4) is 0 Å². The second kappa shape index (κ2) is 7.07. The van der Waals surface area contributed by atoms with E-state index in [0.29, 0.717) is 12.5 Å². The van der Waals surface area contributed by atoms with Crippen molar-refractivity contribution < 1.29 is 0 Å². The Morgan fingerprint density at radius 1 is 1.23 bits per heavy atom. The number of rotatable bonds is 5. The SMILES string of the molecule is CCc1ccc(NC(N)=NCC(C)(C)c2cccnc2)cc1. The lowest BCUT2D eigenvalue weighted by Crippen LogP contribution is -2.27. The Morgan fingerprint density at radius 3 is 2.55 bits per heavy atom. The lowest BCUT2D eigenvalue weighted by Gasteiger charge is -2.22. The second-order valence-electron chi connectivity index (χ2n) is 6.00. The van der Waals surface area contributed by atoms with Gasteiger partial charge < -0.3 is 11.1 Å². The third-order valence-corrected chi connectivity index (χ3v) is 3.72. The molecule has 1 aromatic carbocycles. The molecule has 0 atom stereocenters. The van der Waals surface area contributed by atoms with Crippen molar-refractivity contribution in [3.05, 3.63) is 59.9 Å². The number of hydrogen-bond donors (Lipinski definition) is 2. The zero-order valence-corrected chi connectivity index (χ0v) is 13.5. The predicted octanol–water partition coefficient (Wildman–Crippen LogP) is 3.35. The van der Waals surface area contributed by atoms with Crippen LogP contribution in [0.2, 0.25) is 0 Å². The van der Waals surface area contributed by atoms with Crippen molar-refractivity contribution in [3.8, 4) is 0 Å². The number of anilines is 1. The minimum Gasteiger partial charge on any atom is -0.370 e. The van der Waals surface area contributed by atoms with Crippen LogP contribution < -0.4 is 11.1 Å². The Morgan fingerprint density at radius 2 is 1.95 bits per heavy atom. The van der Waals surface area contributed by atoms with E-state index in [4.69, 9.17) is 5.73 Å². The van der Waals surface area contributed by atoms with Gasteiger partial charge in [-0.15, -0.1) is 0 Å². The number of benzene rings is 1. The Bertz CT molecular complexity index is 615. The summed E-state index contributed by atoms with van der Waals surface area (Å²) in [6.07, 6.45) is 4.69. The molecule has 4 nitrogen and oxygen atoms in total. The van der Waals surface area contributed by atoms with Crippen molar-refractivity contribution in [3.63, 3.8) is 0 Å². The molecule has 0 aliphatic heterocycles. The van der Waals surface area contributed by atoms with Crippen molar-refractivity contribution in [1.29, 1.82) is 0 Å². The Kier molecular flexibility index (Phi) is 5.15. The topological polar surface area (TPSA) is 63.3 Å². The average molecular weight is 296 g/mol. The smallest absolute Gasteiger partial charge is 0.193 e. The summed E-state index contributed by atoms with van der Waals surface area (Å²) in [6.45, 7) is 7.01. The summed E-state index contributed by atoms with van der Waals surface area (Å²) in [7, 11) is 0. The van der Waals surface area contributed by atoms with Crippen LogP contribution in [-0.2, 0) is 11.8 Å². The molecule has 0 unspecified atom stereocenters. The van der Waals surface area contributed by atoms with E-state index < -0.39 is 0 Å². The highest BCUT2D eigenvalue weighted by Crippen LogP contribution is 2.22. The van der Waals surface area contributed by atoms with E-state index in [1.54, 1.807) is 6.20 Å². The number of nitrogens with two attached hydrogens (primary N) is 1. The fourth-order valence-corrected chi connectivity index (χ4v) is 2.15. The van der Waals surface area contributed by atoms with Gasteiger partial charge in [0.15, 0.2) is 5.96 Å². The quantitative estimate of drug-likeness (QED) is 0.657. The highest BCUT2D eigenvalue weighted by Gasteiger charge is 2.20. The summed E-state index contributed by atoms with van der Waals surface area (Å²) < 4.78 is 0.